The van der Waals surface area contributed by atoms with Gasteiger partial charge in [0.1, 0.15) is 0 Å². The molecule has 4 N–H and O–H groups in total. The Hall–Kier alpha value is -0.120. The number of nitrogens with one attached hydrogen (secondary N) is 1. The summed E-state index contributed by atoms with van der Waals surface area (Å²) in [5, 5.41) is 13.2. The maximum absolute atomic E-state index is 9.85. The molecule has 0 aromatic carbocycles. The maximum Gasteiger partial charge on any atom is 0.0856 e. The van der Waals surface area contributed by atoms with E-state index < -0.39 is 0 Å². The molecule has 3 nitrogen and oxygen atoms in total. The second kappa shape index (κ2) is 12.4. The van der Waals surface area contributed by atoms with E-state index in [1.807, 2.05) is 0 Å². The lowest BCUT2D eigenvalue weighted by Crippen LogP contribution is -2.37. The second-order valence-electron chi connectivity index (χ2n) is 6.85. The molecule has 0 saturated carbocycles. The average molecular weight is 299 g/mol. The molecule has 1 heterocycles. The van der Waals surface area contributed by atoms with Crippen molar-refractivity contribution in [1.29, 1.82) is 0 Å². The third-order valence-corrected chi connectivity index (χ3v) is 4.84. The first kappa shape index (κ1) is 18.9. The van der Waals surface area contributed by atoms with Gasteiger partial charge >= 0.3 is 0 Å². The molecule has 126 valence electrons. The summed E-state index contributed by atoms with van der Waals surface area (Å²) in [6, 6.07) is 0.176. The third-order valence-electron chi connectivity index (χ3n) is 4.84. The SMILES string of the molecule is CCCCCCCCCCCCCC[C@H]1NC[C@H](N)[C@H]1O. The fourth-order valence-electron chi connectivity index (χ4n) is 3.31. The van der Waals surface area contributed by atoms with Crippen LogP contribution in [0, 0.1) is 0 Å². The topological polar surface area (TPSA) is 58.3 Å². The highest BCUT2D eigenvalue weighted by atomic mass is 16.3. The van der Waals surface area contributed by atoms with Crippen LogP contribution in [0.25, 0.3) is 0 Å². The van der Waals surface area contributed by atoms with Crippen LogP contribution in [0.5, 0.6) is 0 Å². The van der Waals surface area contributed by atoms with E-state index in [0.29, 0.717) is 0 Å². The van der Waals surface area contributed by atoms with E-state index >= 15 is 0 Å². The molecule has 1 saturated heterocycles. The highest BCUT2D eigenvalue weighted by Gasteiger charge is 2.30. The first-order valence-corrected chi connectivity index (χ1v) is 9.42. The Bertz CT molecular complexity index is 235. The van der Waals surface area contributed by atoms with Gasteiger partial charge < -0.3 is 16.2 Å². The maximum atomic E-state index is 9.85. The van der Waals surface area contributed by atoms with Crippen LogP contribution in [0.15, 0.2) is 0 Å². The zero-order chi connectivity index (χ0) is 15.3. The zero-order valence-corrected chi connectivity index (χ0v) is 14.2. The molecule has 3 atom stereocenters. The molecule has 0 aliphatic carbocycles. The van der Waals surface area contributed by atoms with E-state index in [0.717, 1.165) is 13.0 Å². The third kappa shape index (κ3) is 8.80. The van der Waals surface area contributed by atoms with Gasteiger partial charge in [-0.05, 0) is 6.42 Å². The van der Waals surface area contributed by atoms with Crippen LogP contribution >= 0.6 is 0 Å². The molecule has 1 aliphatic heterocycles. The molecule has 0 aromatic heterocycles. The summed E-state index contributed by atoms with van der Waals surface area (Å²) in [5.41, 5.74) is 5.79. The zero-order valence-electron chi connectivity index (χ0n) is 14.2. The molecule has 0 spiro atoms. The molecular formula is C18H38N2O. The van der Waals surface area contributed by atoms with Crippen molar-refractivity contribution in [1.82, 2.24) is 5.32 Å². The van der Waals surface area contributed by atoms with Crippen LogP contribution in [0.3, 0.4) is 0 Å². The van der Waals surface area contributed by atoms with Gasteiger partial charge in [-0.2, -0.15) is 0 Å². The number of nitrogens with two attached hydrogens (primary N) is 1. The van der Waals surface area contributed by atoms with Gasteiger partial charge in [0.25, 0.3) is 0 Å². The average Bonchev–Trinajstić information content (AvgIpc) is 2.80. The van der Waals surface area contributed by atoms with E-state index in [4.69, 9.17) is 5.73 Å². The van der Waals surface area contributed by atoms with Gasteiger partial charge in [0.15, 0.2) is 0 Å². The van der Waals surface area contributed by atoms with E-state index in [-0.39, 0.29) is 18.2 Å². The predicted octanol–water partition coefficient (Wildman–Crippen LogP) is 3.74. The van der Waals surface area contributed by atoms with Crippen molar-refractivity contribution < 1.29 is 5.11 Å². The Morgan fingerprint density at radius 3 is 1.76 bits per heavy atom. The summed E-state index contributed by atoms with van der Waals surface area (Å²) in [6.07, 6.45) is 17.3. The fourth-order valence-corrected chi connectivity index (χ4v) is 3.31. The molecule has 0 radical (unpaired) electrons. The monoisotopic (exact) mass is 298 g/mol. The van der Waals surface area contributed by atoms with E-state index in [1.54, 1.807) is 0 Å². The summed E-state index contributed by atoms with van der Waals surface area (Å²) in [6.45, 7) is 3.04. The lowest BCUT2D eigenvalue weighted by Gasteiger charge is -2.16. The normalized spacial score (nSPS) is 25.6. The summed E-state index contributed by atoms with van der Waals surface area (Å²) in [4.78, 5) is 0. The number of aliphatic hydroxyl groups excluding tert-OH is 1. The van der Waals surface area contributed by atoms with Crippen molar-refractivity contribution in [2.75, 3.05) is 6.54 Å². The summed E-state index contributed by atoms with van der Waals surface area (Å²) in [5.74, 6) is 0. The molecule has 21 heavy (non-hydrogen) atoms. The first-order valence-electron chi connectivity index (χ1n) is 9.42. The van der Waals surface area contributed by atoms with Crippen LogP contribution in [-0.4, -0.2) is 29.8 Å². The predicted molar refractivity (Wildman–Crippen MR) is 91.5 cm³/mol. The minimum absolute atomic E-state index is 0.0627. The Kier molecular flexibility index (Phi) is 11.2. The number of aliphatic hydroxyl groups is 1. The van der Waals surface area contributed by atoms with Crippen molar-refractivity contribution in [3.05, 3.63) is 0 Å². The number of unbranched alkanes of at least 4 members (excludes halogenated alkanes) is 11. The van der Waals surface area contributed by atoms with E-state index in [1.165, 1.54) is 77.0 Å². The largest absolute Gasteiger partial charge is 0.390 e. The van der Waals surface area contributed by atoms with Gasteiger partial charge in [0.2, 0.25) is 0 Å². The van der Waals surface area contributed by atoms with Crippen LogP contribution in [0.4, 0.5) is 0 Å². The van der Waals surface area contributed by atoms with Crippen molar-refractivity contribution in [3.8, 4) is 0 Å². The van der Waals surface area contributed by atoms with Crippen LogP contribution < -0.4 is 11.1 Å². The lowest BCUT2D eigenvalue weighted by molar-refractivity contribution is 0.139. The molecule has 0 amide bonds. The Labute approximate surface area is 132 Å². The quantitative estimate of drug-likeness (QED) is 0.454. The van der Waals surface area contributed by atoms with Crippen LogP contribution in [0.1, 0.15) is 90.4 Å². The highest BCUT2D eigenvalue weighted by molar-refractivity contribution is 4.92. The van der Waals surface area contributed by atoms with Crippen molar-refractivity contribution in [2.45, 2.75) is 109 Å². The molecule has 0 unspecified atom stereocenters. The van der Waals surface area contributed by atoms with Gasteiger partial charge in [-0.1, -0.05) is 84.0 Å². The lowest BCUT2D eigenvalue weighted by atomic mass is 10.0. The van der Waals surface area contributed by atoms with Gasteiger partial charge in [-0.25, -0.2) is 0 Å². The number of hydrogen-bond donors (Lipinski definition) is 3. The van der Waals surface area contributed by atoms with Crippen molar-refractivity contribution >= 4 is 0 Å². The van der Waals surface area contributed by atoms with Crippen molar-refractivity contribution in [3.63, 3.8) is 0 Å². The molecular weight excluding hydrogens is 260 g/mol. The van der Waals surface area contributed by atoms with Gasteiger partial charge in [0, 0.05) is 18.6 Å². The molecule has 0 aromatic rings. The minimum atomic E-state index is -0.335. The van der Waals surface area contributed by atoms with Gasteiger partial charge in [-0.3, -0.25) is 0 Å². The van der Waals surface area contributed by atoms with Crippen molar-refractivity contribution in [2.24, 2.45) is 5.73 Å². The van der Waals surface area contributed by atoms with Gasteiger partial charge in [-0.15, -0.1) is 0 Å². The number of hydrogen-bond acceptors (Lipinski definition) is 3. The van der Waals surface area contributed by atoms with E-state index in [2.05, 4.69) is 12.2 Å². The highest BCUT2D eigenvalue weighted by Crippen LogP contribution is 2.16. The van der Waals surface area contributed by atoms with Crippen LogP contribution in [-0.2, 0) is 0 Å². The standard InChI is InChI=1S/C18H38N2O/c1-2-3-4-5-6-7-8-9-10-11-12-13-14-17-18(21)16(19)15-20-17/h16-18,20-21H,2-15,19H2,1H3/t16-,17+,18+/m0/s1. The fraction of sp³-hybridized carbons (Fsp3) is 1.00. The molecule has 1 fully saturated rings. The second-order valence-corrected chi connectivity index (χ2v) is 6.85. The molecule has 3 heteroatoms. The summed E-state index contributed by atoms with van der Waals surface area (Å²) >= 11 is 0. The first-order chi connectivity index (χ1) is 10.3. The van der Waals surface area contributed by atoms with Gasteiger partial charge in [0.05, 0.1) is 6.10 Å². The molecule has 1 rings (SSSR count). The minimum Gasteiger partial charge on any atom is -0.390 e. The summed E-state index contributed by atoms with van der Waals surface area (Å²) < 4.78 is 0. The smallest absolute Gasteiger partial charge is 0.0856 e. The molecule has 1 aliphatic rings. The Morgan fingerprint density at radius 2 is 1.33 bits per heavy atom. The Balaban J connectivity index is 1.77. The Morgan fingerprint density at radius 1 is 0.857 bits per heavy atom. The molecule has 0 bridgehead atoms. The van der Waals surface area contributed by atoms with Crippen LogP contribution in [0.2, 0.25) is 0 Å². The van der Waals surface area contributed by atoms with E-state index in [9.17, 15) is 5.11 Å². The number of rotatable bonds is 13. The summed E-state index contributed by atoms with van der Waals surface area (Å²) in [7, 11) is 0.